The van der Waals surface area contributed by atoms with E-state index in [0.717, 1.165) is 31.5 Å². The summed E-state index contributed by atoms with van der Waals surface area (Å²) >= 11 is 0. The van der Waals surface area contributed by atoms with Gasteiger partial charge in [-0.1, -0.05) is 51.9 Å². The molecular weight excluding hydrogens is 234 g/mol. The molecule has 0 aliphatic heterocycles. The smallest absolute Gasteiger partial charge is 0.0667 e. The zero-order valence-corrected chi connectivity index (χ0v) is 12.8. The van der Waals surface area contributed by atoms with Gasteiger partial charge in [-0.3, -0.25) is 4.90 Å². The maximum atomic E-state index is 10.2. The summed E-state index contributed by atoms with van der Waals surface area (Å²) < 4.78 is 0. The Bertz CT molecular complexity index is 213. The first kappa shape index (κ1) is 15.3. The molecule has 19 heavy (non-hydrogen) atoms. The zero-order chi connectivity index (χ0) is 13.5. The highest BCUT2D eigenvalue weighted by Gasteiger charge is 2.29. The van der Waals surface area contributed by atoms with Gasteiger partial charge in [-0.25, -0.2) is 0 Å². The maximum Gasteiger partial charge on any atom is 0.0667 e. The lowest BCUT2D eigenvalue weighted by molar-refractivity contribution is 0.0262. The summed E-state index contributed by atoms with van der Waals surface area (Å²) in [7, 11) is 0. The lowest BCUT2D eigenvalue weighted by Crippen LogP contribution is -2.48. The number of aliphatic hydroxyl groups excluding tert-OH is 1. The van der Waals surface area contributed by atoms with Crippen LogP contribution in [-0.4, -0.2) is 34.7 Å². The molecule has 0 amide bonds. The molecule has 0 saturated heterocycles. The quantitative estimate of drug-likeness (QED) is 0.782. The van der Waals surface area contributed by atoms with Gasteiger partial charge in [0.15, 0.2) is 0 Å². The van der Waals surface area contributed by atoms with Gasteiger partial charge < -0.3 is 5.11 Å². The van der Waals surface area contributed by atoms with Gasteiger partial charge in [0.05, 0.1) is 6.10 Å². The minimum atomic E-state index is -0.103. The van der Waals surface area contributed by atoms with Crippen LogP contribution in [0, 0.1) is 0 Å². The van der Waals surface area contributed by atoms with Crippen molar-refractivity contribution in [1.82, 2.24) is 4.90 Å². The summed E-state index contributed by atoms with van der Waals surface area (Å²) in [6.07, 6.45) is 15.9. The fourth-order valence-corrected chi connectivity index (χ4v) is 4.09. The minimum Gasteiger partial charge on any atom is -0.392 e. The summed E-state index contributed by atoms with van der Waals surface area (Å²) in [4.78, 5) is 2.72. The predicted octanol–water partition coefficient (Wildman–Crippen LogP) is 4.11. The molecule has 2 saturated carbocycles. The van der Waals surface area contributed by atoms with Gasteiger partial charge >= 0.3 is 0 Å². The van der Waals surface area contributed by atoms with E-state index in [9.17, 15) is 5.11 Å². The Morgan fingerprint density at radius 2 is 1.37 bits per heavy atom. The number of nitrogens with zero attached hydrogens (tertiary/aromatic N) is 1. The summed E-state index contributed by atoms with van der Waals surface area (Å²) in [5.74, 6) is 0. The summed E-state index contributed by atoms with van der Waals surface area (Å²) in [6.45, 7) is 3.11. The van der Waals surface area contributed by atoms with Crippen molar-refractivity contribution in [2.75, 3.05) is 6.54 Å². The third-order valence-electron chi connectivity index (χ3n) is 5.13. The van der Waals surface area contributed by atoms with Crippen molar-refractivity contribution in [1.29, 1.82) is 0 Å². The fourth-order valence-electron chi connectivity index (χ4n) is 4.09. The van der Waals surface area contributed by atoms with E-state index >= 15 is 0 Å². The van der Waals surface area contributed by atoms with E-state index in [2.05, 4.69) is 11.8 Å². The van der Waals surface area contributed by atoms with Gasteiger partial charge in [-0.15, -0.1) is 0 Å². The van der Waals surface area contributed by atoms with Crippen LogP contribution in [0.4, 0.5) is 0 Å². The molecule has 2 aliphatic carbocycles. The van der Waals surface area contributed by atoms with Crippen molar-refractivity contribution in [3.8, 4) is 0 Å². The van der Waals surface area contributed by atoms with Crippen molar-refractivity contribution in [2.24, 2.45) is 0 Å². The van der Waals surface area contributed by atoms with Crippen molar-refractivity contribution in [3.05, 3.63) is 0 Å². The molecule has 2 nitrogen and oxygen atoms in total. The number of hydrogen-bond acceptors (Lipinski definition) is 2. The van der Waals surface area contributed by atoms with Crippen LogP contribution >= 0.6 is 0 Å². The van der Waals surface area contributed by atoms with E-state index < -0.39 is 0 Å². The van der Waals surface area contributed by atoms with E-state index in [4.69, 9.17) is 0 Å². The van der Waals surface area contributed by atoms with Crippen molar-refractivity contribution in [2.45, 2.75) is 102 Å². The molecule has 2 heteroatoms. The molecule has 1 N–H and O–H groups in total. The Balaban J connectivity index is 1.94. The number of rotatable bonds is 6. The normalized spacial score (nSPS) is 24.8. The lowest BCUT2D eigenvalue weighted by Gasteiger charge is -2.42. The summed E-state index contributed by atoms with van der Waals surface area (Å²) in [6, 6.07) is 1.53. The molecule has 0 spiro atoms. The largest absolute Gasteiger partial charge is 0.392 e. The first-order chi connectivity index (χ1) is 9.31. The maximum absolute atomic E-state index is 10.2. The molecule has 1 unspecified atom stereocenters. The molecule has 0 bridgehead atoms. The van der Waals surface area contributed by atoms with Gasteiger partial charge in [0.2, 0.25) is 0 Å². The average Bonchev–Trinajstić information content (AvgIpc) is 2.47. The Labute approximate surface area is 119 Å². The molecule has 2 aliphatic rings. The molecule has 2 rings (SSSR count). The zero-order valence-electron chi connectivity index (χ0n) is 12.8. The number of hydrogen-bond donors (Lipinski definition) is 1. The first-order valence-electron chi connectivity index (χ1n) is 8.75. The summed E-state index contributed by atoms with van der Waals surface area (Å²) in [5, 5.41) is 10.2. The number of aliphatic hydroxyl groups is 1. The van der Waals surface area contributed by atoms with Crippen LogP contribution in [0.15, 0.2) is 0 Å². The molecule has 0 heterocycles. The molecule has 112 valence electrons. The SMILES string of the molecule is CCCC(O)CN(C1CCCCC1)C1CCCCC1. The van der Waals surface area contributed by atoms with Gasteiger partial charge in [0, 0.05) is 18.6 Å². The lowest BCUT2D eigenvalue weighted by atomic mass is 9.88. The van der Waals surface area contributed by atoms with Crippen LogP contribution in [-0.2, 0) is 0 Å². The van der Waals surface area contributed by atoms with Crippen molar-refractivity contribution >= 4 is 0 Å². The molecule has 0 aromatic carbocycles. The minimum absolute atomic E-state index is 0.103. The van der Waals surface area contributed by atoms with E-state index in [1.807, 2.05) is 0 Å². The summed E-state index contributed by atoms with van der Waals surface area (Å²) in [5.41, 5.74) is 0. The van der Waals surface area contributed by atoms with Crippen molar-refractivity contribution in [3.63, 3.8) is 0 Å². The fraction of sp³-hybridized carbons (Fsp3) is 1.00. The van der Waals surface area contributed by atoms with E-state index in [1.54, 1.807) is 0 Å². The van der Waals surface area contributed by atoms with Crippen LogP contribution in [0.25, 0.3) is 0 Å². The highest BCUT2D eigenvalue weighted by Crippen LogP contribution is 2.30. The van der Waals surface area contributed by atoms with Crippen LogP contribution in [0.5, 0.6) is 0 Å². The van der Waals surface area contributed by atoms with Gasteiger partial charge in [0.25, 0.3) is 0 Å². The van der Waals surface area contributed by atoms with E-state index in [1.165, 1.54) is 64.2 Å². The van der Waals surface area contributed by atoms with Crippen LogP contribution in [0.2, 0.25) is 0 Å². The molecule has 0 aromatic rings. The van der Waals surface area contributed by atoms with Gasteiger partial charge in [-0.2, -0.15) is 0 Å². The van der Waals surface area contributed by atoms with E-state index in [0.29, 0.717) is 0 Å². The molecular formula is C17H33NO. The Morgan fingerprint density at radius 1 is 0.895 bits per heavy atom. The Kier molecular flexibility index (Phi) is 6.66. The molecule has 0 radical (unpaired) electrons. The predicted molar refractivity (Wildman–Crippen MR) is 81.4 cm³/mol. The molecule has 2 fully saturated rings. The van der Waals surface area contributed by atoms with Gasteiger partial charge in [0.1, 0.15) is 0 Å². The van der Waals surface area contributed by atoms with Gasteiger partial charge in [-0.05, 0) is 32.1 Å². The average molecular weight is 267 g/mol. The van der Waals surface area contributed by atoms with E-state index in [-0.39, 0.29) is 6.10 Å². The highest BCUT2D eigenvalue weighted by atomic mass is 16.3. The second kappa shape index (κ2) is 8.26. The first-order valence-corrected chi connectivity index (χ1v) is 8.75. The van der Waals surface area contributed by atoms with Crippen LogP contribution < -0.4 is 0 Å². The topological polar surface area (TPSA) is 23.5 Å². The van der Waals surface area contributed by atoms with Crippen LogP contribution in [0.1, 0.15) is 84.0 Å². The Morgan fingerprint density at radius 3 is 1.79 bits per heavy atom. The highest BCUT2D eigenvalue weighted by molar-refractivity contribution is 4.85. The molecule has 0 aromatic heterocycles. The third kappa shape index (κ3) is 4.75. The monoisotopic (exact) mass is 267 g/mol. The second-order valence-electron chi connectivity index (χ2n) is 6.72. The third-order valence-corrected chi connectivity index (χ3v) is 5.13. The Hall–Kier alpha value is -0.0800. The van der Waals surface area contributed by atoms with Crippen molar-refractivity contribution < 1.29 is 5.11 Å². The second-order valence-corrected chi connectivity index (χ2v) is 6.72. The standard InChI is InChI=1S/C17H33NO/c1-2-9-17(19)14-18(15-10-5-3-6-11-15)16-12-7-4-8-13-16/h15-17,19H,2-14H2,1H3. The molecule has 1 atom stereocenters. The van der Waals surface area contributed by atoms with Crippen LogP contribution in [0.3, 0.4) is 0 Å².